The molecule has 0 radical (unpaired) electrons. The van der Waals surface area contributed by atoms with Crippen molar-refractivity contribution in [1.82, 2.24) is 39.9 Å². The highest BCUT2D eigenvalue weighted by Gasteiger charge is 2.14. The number of nitrogens with two attached hydrogens (primary N) is 1. The van der Waals surface area contributed by atoms with Gasteiger partial charge in [0.25, 0.3) is 0 Å². The Morgan fingerprint density at radius 3 is 1.87 bits per heavy atom. The van der Waals surface area contributed by atoms with Crippen LogP contribution in [0.5, 0.6) is 0 Å². The van der Waals surface area contributed by atoms with Crippen LogP contribution < -0.4 is 11.1 Å². The molecule has 6 heterocycles. The fourth-order valence-corrected chi connectivity index (χ4v) is 5.68. The second kappa shape index (κ2) is 13.4. The van der Waals surface area contributed by atoms with Crippen molar-refractivity contribution in [2.75, 3.05) is 5.32 Å². The molecule has 10 nitrogen and oxygen atoms in total. The summed E-state index contributed by atoms with van der Waals surface area (Å²) < 4.78 is 0. The molecule has 0 atom stereocenters. The Labute approximate surface area is 279 Å². The van der Waals surface area contributed by atoms with Crippen molar-refractivity contribution in [3.63, 3.8) is 0 Å². The zero-order chi connectivity index (χ0) is 32.2. The number of fused-ring (bicyclic) bond motifs is 3. The van der Waals surface area contributed by atoms with Crippen LogP contribution in [0.2, 0.25) is 10.0 Å². The number of hydrogen-bond acceptors (Lipinski definition) is 9. The molecule has 47 heavy (non-hydrogen) atoms. The number of nitrogens with one attached hydrogen (secondary N) is 2. The third kappa shape index (κ3) is 6.30. The molecule has 0 spiro atoms. The average Bonchev–Trinajstić information content (AvgIpc) is 3.61. The van der Waals surface area contributed by atoms with Gasteiger partial charge in [0.05, 0.1) is 50.2 Å². The second-order valence-electron chi connectivity index (χ2n) is 10.4. The number of imidazole rings is 1. The van der Waals surface area contributed by atoms with E-state index in [0.29, 0.717) is 34.6 Å². The third-order valence-electron chi connectivity index (χ3n) is 7.46. The van der Waals surface area contributed by atoms with Gasteiger partial charge in [0.15, 0.2) is 11.5 Å². The fraction of sp³-hybridized carbons (Fsp3) is 0.0571. The summed E-state index contributed by atoms with van der Waals surface area (Å²) in [4.78, 5) is 34.0. The molecule has 0 amide bonds. The van der Waals surface area contributed by atoms with E-state index < -0.39 is 0 Å². The van der Waals surface area contributed by atoms with Crippen LogP contribution in [0.3, 0.4) is 0 Å². The van der Waals surface area contributed by atoms with Crippen LogP contribution in [0.15, 0.2) is 110 Å². The van der Waals surface area contributed by atoms with E-state index in [2.05, 4.69) is 46.3 Å². The van der Waals surface area contributed by atoms with Gasteiger partial charge in [-0.1, -0.05) is 59.6 Å². The minimum Gasteiger partial charge on any atom is -0.364 e. The number of nitrogens with zero attached hydrogens (tertiary/aromatic N) is 7. The fourth-order valence-electron chi connectivity index (χ4n) is 5.23. The SMILES string of the molecule is Clc1cccc2cc(CNc3ncnc4nc[nH]c34)c(-c3ccccn3)nc12.NCc1cc2cccc(Cl)c2nc1-c1ccccn1. The van der Waals surface area contributed by atoms with Crippen molar-refractivity contribution in [3.8, 4) is 22.8 Å². The number of aromatic amines is 1. The Morgan fingerprint density at radius 1 is 0.660 bits per heavy atom. The summed E-state index contributed by atoms with van der Waals surface area (Å²) in [5, 5.41) is 6.57. The normalized spacial score (nSPS) is 11.0. The summed E-state index contributed by atoms with van der Waals surface area (Å²) in [5.74, 6) is 0.681. The molecule has 12 heteroatoms. The van der Waals surface area contributed by atoms with E-state index in [1.54, 1.807) is 18.7 Å². The van der Waals surface area contributed by atoms with Gasteiger partial charge in [-0.3, -0.25) is 9.97 Å². The number of benzene rings is 2. The van der Waals surface area contributed by atoms with Crippen LogP contribution in [0.25, 0.3) is 55.7 Å². The number of halogens is 2. The lowest BCUT2D eigenvalue weighted by atomic mass is 10.1. The molecule has 0 bridgehead atoms. The quantitative estimate of drug-likeness (QED) is 0.164. The number of pyridine rings is 4. The van der Waals surface area contributed by atoms with Crippen LogP contribution in [0.1, 0.15) is 11.1 Å². The van der Waals surface area contributed by atoms with E-state index in [4.69, 9.17) is 33.9 Å². The van der Waals surface area contributed by atoms with Gasteiger partial charge in [-0.15, -0.1) is 0 Å². The van der Waals surface area contributed by atoms with Gasteiger partial charge >= 0.3 is 0 Å². The maximum Gasteiger partial charge on any atom is 0.182 e. The molecule has 6 aromatic heterocycles. The number of anilines is 1. The van der Waals surface area contributed by atoms with E-state index in [-0.39, 0.29) is 0 Å². The largest absolute Gasteiger partial charge is 0.364 e. The van der Waals surface area contributed by atoms with E-state index in [1.165, 1.54) is 6.33 Å². The van der Waals surface area contributed by atoms with Gasteiger partial charge in [0.2, 0.25) is 0 Å². The first-order valence-electron chi connectivity index (χ1n) is 14.7. The molecule has 0 aliphatic heterocycles. The Balaban J connectivity index is 0.000000161. The Morgan fingerprint density at radius 2 is 1.28 bits per heavy atom. The summed E-state index contributed by atoms with van der Waals surface area (Å²) >= 11 is 12.6. The van der Waals surface area contributed by atoms with Crippen LogP contribution >= 0.6 is 23.2 Å². The molecule has 0 aliphatic rings. The van der Waals surface area contributed by atoms with Crippen LogP contribution in [-0.2, 0) is 13.1 Å². The van der Waals surface area contributed by atoms with Crippen molar-refractivity contribution in [2.45, 2.75) is 13.1 Å². The van der Waals surface area contributed by atoms with Crippen molar-refractivity contribution in [2.24, 2.45) is 5.73 Å². The minimum atomic E-state index is 0.418. The Bertz CT molecular complexity index is 2330. The molecular weight excluding hydrogens is 631 g/mol. The predicted molar refractivity (Wildman–Crippen MR) is 187 cm³/mol. The molecule has 230 valence electrons. The molecule has 0 saturated heterocycles. The van der Waals surface area contributed by atoms with Gasteiger partial charge in [0, 0.05) is 36.3 Å². The van der Waals surface area contributed by atoms with Crippen molar-refractivity contribution in [3.05, 3.63) is 131 Å². The molecule has 8 rings (SSSR count). The third-order valence-corrected chi connectivity index (χ3v) is 8.07. The maximum absolute atomic E-state index is 6.37. The molecule has 2 aromatic carbocycles. The van der Waals surface area contributed by atoms with E-state index in [9.17, 15) is 0 Å². The molecule has 0 unspecified atom stereocenters. The Hall–Kier alpha value is -5.55. The number of H-pyrrole nitrogens is 1. The maximum atomic E-state index is 6.37. The summed E-state index contributed by atoms with van der Waals surface area (Å²) in [6.07, 6.45) is 6.59. The first-order chi connectivity index (χ1) is 23.1. The zero-order valence-corrected chi connectivity index (χ0v) is 26.3. The standard InChI is InChI=1S/C20H14ClN7.C15H12ClN3/c21-14-5-3-4-12-8-13(17(28-16(12)14)15-6-1-2-7-22-15)9-23-19-18-20(25-10-24-18)27-11-26-19;16-12-5-3-4-10-8-11(9-17)15(19-14(10)12)13-6-1-2-7-18-13/h1-8,10-11H,9H2,(H2,23,24,25,26,27);1-8H,9,17H2. The van der Waals surface area contributed by atoms with Gasteiger partial charge in [-0.2, -0.15) is 0 Å². The van der Waals surface area contributed by atoms with Crippen LogP contribution in [0.4, 0.5) is 5.82 Å². The number of aromatic nitrogens is 8. The number of rotatable bonds is 6. The van der Waals surface area contributed by atoms with Crippen LogP contribution in [0, 0.1) is 0 Å². The van der Waals surface area contributed by atoms with Crippen molar-refractivity contribution in [1.29, 1.82) is 0 Å². The van der Waals surface area contributed by atoms with E-state index >= 15 is 0 Å². The van der Waals surface area contributed by atoms with Crippen LogP contribution in [-0.4, -0.2) is 39.9 Å². The highest BCUT2D eigenvalue weighted by molar-refractivity contribution is 6.35. The molecule has 0 aliphatic carbocycles. The Kier molecular flexibility index (Phi) is 8.61. The van der Waals surface area contributed by atoms with Gasteiger partial charge in [-0.05, 0) is 59.7 Å². The second-order valence-corrected chi connectivity index (χ2v) is 11.2. The molecule has 0 saturated carbocycles. The lowest BCUT2D eigenvalue weighted by Crippen LogP contribution is -2.06. The molecular formula is C35H26Cl2N10. The average molecular weight is 658 g/mol. The molecule has 4 N–H and O–H groups in total. The van der Waals surface area contributed by atoms with E-state index in [0.717, 1.165) is 61.2 Å². The summed E-state index contributed by atoms with van der Waals surface area (Å²) in [6.45, 7) is 0.924. The molecule has 8 aromatic rings. The monoisotopic (exact) mass is 656 g/mol. The highest BCUT2D eigenvalue weighted by atomic mass is 35.5. The smallest absolute Gasteiger partial charge is 0.182 e. The van der Waals surface area contributed by atoms with Gasteiger partial charge < -0.3 is 16.0 Å². The first-order valence-corrected chi connectivity index (χ1v) is 15.4. The summed E-state index contributed by atoms with van der Waals surface area (Å²) in [7, 11) is 0. The molecule has 0 fully saturated rings. The minimum absolute atomic E-state index is 0.418. The lowest BCUT2D eigenvalue weighted by molar-refractivity contribution is 1.06. The van der Waals surface area contributed by atoms with Crippen molar-refractivity contribution < 1.29 is 0 Å². The number of hydrogen-bond donors (Lipinski definition) is 3. The summed E-state index contributed by atoms with van der Waals surface area (Å²) in [6, 6.07) is 27.1. The predicted octanol–water partition coefficient (Wildman–Crippen LogP) is 7.64. The lowest BCUT2D eigenvalue weighted by Gasteiger charge is -2.12. The highest BCUT2D eigenvalue weighted by Crippen LogP contribution is 2.30. The van der Waals surface area contributed by atoms with E-state index in [1.807, 2.05) is 78.9 Å². The topological polar surface area (TPSA) is 144 Å². The van der Waals surface area contributed by atoms with Gasteiger partial charge in [-0.25, -0.2) is 24.9 Å². The van der Waals surface area contributed by atoms with Crippen molar-refractivity contribution >= 4 is 62.0 Å². The first kappa shape index (κ1) is 30.1. The summed E-state index contributed by atoms with van der Waals surface area (Å²) in [5.41, 5.74) is 13.9. The van der Waals surface area contributed by atoms with Gasteiger partial charge in [0.1, 0.15) is 11.8 Å². The number of para-hydroxylation sites is 2. The zero-order valence-electron chi connectivity index (χ0n) is 24.8.